The van der Waals surface area contributed by atoms with Crippen LogP contribution in [0.25, 0.3) is 0 Å². The number of fused-ring (bicyclic) bond motifs is 3. The molecule has 1 aliphatic carbocycles. The number of alkyl halides is 5. The lowest BCUT2D eigenvalue weighted by molar-refractivity contribution is -0.155. The van der Waals surface area contributed by atoms with Crippen LogP contribution in [0.4, 0.5) is 22.0 Å². The zero-order chi connectivity index (χ0) is 28.2. The van der Waals surface area contributed by atoms with E-state index < -0.39 is 59.8 Å². The average Bonchev–Trinajstić information content (AvgIpc) is 3.30. The molecule has 3 N–H and O–H groups in total. The van der Waals surface area contributed by atoms with E-state index in [0.717, 1.165) is 24.3 Å². The first-order valence-electron chi connectivity index (χ1n) is 11.9. The Morgan fingerprint density at radius 3 is 2.38 bits per heavy atom. The number of aromatic nitrogens is 1. The van der Waals surface area contributed by atoms with E-state index >= 15 is 0 Å². The highest BCUT2D eigenvalue weighted by atomic mass is 19.4. The van der Waals surface area contributed by atoms with E-state index in [1.165, 1.54) is 19.5 Å². The van der Waals surface area contributed by atoms with E-state index in [1.807, 2.05) is 0 Å². The smallest absolute Gasteiger partial charge is 0.416 e. The van der Waals surface area contributed by atoms with Crippen LogP contribution in [0.2, 0.25) is 0 Å². The van der Waals surface area contributed by atoms with Gasteiger partial charge in [0.1, 0.15) is 17.6 Å². The molecule has 1 amide bonds. The number of aliphatic hydroxyl groups is 2. The monoisotopic (exact) mass is 550 g/mol. The molecule has 2 heterocycles. The Bertz CT molecular complexity index is 1370. The number of nitrogens with one attached hydrogen (secondary N) is 1. The number of hydrogen-bond acceptors (Lipinski definition) is 6. The third-order valence-electron chi connectivity index (χ3n) is 7.41. The minimum Gasteiger partial charge on any atom is -0.495 e. The van der Waals surface area contributed by atoms with E-state index in [2.05, 4.69) is 10.3 Å². The Morgan fingerprint density at radius 1 is 1.13 bits per heavy atom. The van der Waals surface area contributed by atoms with Crippen molar-refractivity contribution < 1.29 is 46.4 Å². The Labute approximate surface area is 219 Å². The van der Waals surface area contributed by atoms with Gasteiger partial charge in [0.25, 0.3) is 6.43 Å². The van der Waals surface area contributed by atoms with Crippen LogP contribution < -0.4 is 14.8 Å². The molecule has 3 aromatic rings. The molecule has 1 aliphatic heterocycles. The summed E-state index contributed by atoms with van der Waals surface area (Å²) in [4.78, 5) is 17.4. The molecule has 39 heavy (non-hydrogen) atoms. The van der Waals surface area contributed by atoms with E-state index in [1.54, 1.807) is 30.3 Å². The van der Waals surface area contributed by atoms with Crippen LogP contribution in [0, 0.1) is 5.92 Å². The van der Waals surface area contributed by atoms with Crippen LogP contribution in [-0.2, 0) is 22.2 Å². The second kappa shape index (κ2) is 9.45. The fourth-order valence-electron chi connectivity index (χ4n) is 5.89. The molecular weight excluding hydrogens is 527 g/mol. The summed E-state index contributed by atoms with van der Waals surface area (Å²) in [5.41, 5.74) is -5.25. The molecule has 12 heteroatoms. The predicted molar refractivity (Wildman–Crippen MR) is 126 cm³/mol. The molecule has 5 atom stereocenters. The maximum atomic E-state index is 13.4. The molecule has 5 unspecified atom stereocenters. The number of methoxy groups -OCH3 is 1. The summed E-state index contributed by atoms with van der Waals surface area (Å²) >= 11 is 0. The molecule has 2 aliphatic rings. The number of rotatable bonds is 6. The second-order valence-corrected chi connectivity index (χ2v) is 9.39. The molecule has 0 spiro atoms. The molecule has 2 aromatic carbocycles. The highest BCUT2D eigenvalue weighted by Crippen LogP contribution is 2.69. The number of aliphatic hydroxyl groups excluding tert-OH is 1. The second-order valence-electron chi connectivity index (χ2n) is 9.39. The minimum absolute atomic E-state index is 0.00770. The van der Waals surface area contributed by atoms with Crippen molar-refractivity contribution >= 4 is 5.91 Å². The molecule has 1 fully saturated rings. The predicted octanol–water partition coefficient (Wildman–Crippen LogP) is 3.74. The van der Waals surface area contributed by atoms with Gasteiger partial charge in [-0.2, -0.15) is 13.2 Å². The number of carbonyl (C=O) groups is 1. The summed E-state index contributed by atoms with van der Waals surface area (Å²) in [5, 5.41) is 26.3. The third kappa shape index (κ3) is 3.92. The number of nitrogens with zero attached hydrogens (tertiary/aromatic N) is 1. The van der Waals surface area contributed by atoms with Crippen LogP contribution in [0.15, 0.2) is 67.0 Å². The summed E-state index contributed by atoms with van der Waals surface area (Å²) in [6, 6.07) is 11.9. The molecule has 1 aromatic heterocycles. The zero-order valence-corrected chi connectivity index (χ0v) is 20.3. The Balaban J connectivity index is 1.81. The third-order valence-corrected chi connectivity index (χ3v) is 7.41. The van der Waals surface area contributed by atoms with Crippen molar-refractivity contribution in [2.24, 2.45) is 5.92 Å². The fraction of sp³-hybridized carbons (Fsp3) is 0.333. The van der Waals surface area contributed by atoms with Crippen LogP contribution in [0.3, 0.4) is 0 Å². The summed E-state index contributed by atoms with van der Waals surface area (Å²) in [6.07, 6.45) is -7.03. The van der Waals surface area contributed by atoms with Crippen LogP contribution in [0.1, 0.15) is 28.2 Å². The van der Waals surface area contributed by atoms with Crippen molar-refractivity contribution in [3.05, 3.63) is 89.2 Å². The van der Waals surface area contributed by atoms with Gasteiger partial charge in [0.15, 0.2) is 11.2 Å². The normalized spacial score (nSPS) is 27.6. The van der Waals surface area contributed by atoms with Gasteiger partial charge in [-0.05, 0) is 23.3 Å². The van der Waals surface area contributed by atoms with Crippen molar-refractivity contribution in [2.45, 2.75) is 35.8 Å². The number of pyridine rings is 1. The van der Waals surface area contributed by atoms with Gasteiger partial charge in [0, 0.05) is 5.92 Å². The summed E-state index contributed by atoms with van der Waals surface area (Å²) in [7, 11) is 1.28. The number of ether oxygens (including phenoxy) is 2. The highest BCUT2D eigenvalue weighted by Gasteiger charge is 2.78. The Kier molecular flexibility index (Phi) is 6.50. The number of hydrogen-bond donors (Lipinski definition) is 3. The molecule has 7 nitrogen and oxygen atoms in total. The highest BCUT2D eigenvalue weighted by molar-refractivity contribution is 5.83. The van der Waals surface area contributed by atoms with Crippen molar-refractivity contribution in [3.8, 4) is 11.5 Å². The lowest BCUT2D eigenvalue weighted by atomic mass is 9.70. The largest absolute Gasteiger partial charge is 0.495 e. The summed E-state index contributed by atoms with van der Waals surface area (Å²) < 4.78 is 78.0. The molecular formula is C27H23F5N2O5. The molecule has 0 bridgehead atoms. The maximum Gasteiger partial charge on any atom is 0.416 e. The van der Waals surface area contributed by atoms with Crippen LogP contribution in [0.5, 0.6) is 11.5 Å². The van der Waals surface area contributed by atoms with E-state index in [-0.39, 0.29) is 22.6 Å². The number of carbonyl (C=O) groups excluding carboxylic acids is 1. The first-order valence-corrected chi connectivity index (χ1v) is 11.9. The molecule has 0 radical (unpaired) electrons. The van der Waals surface area contributed by atoms with Gasteiger partial charge >= 0.3 is 6.18 Å². The van der Waals surface area contributed by atoms with Gasteiger partial charge in [0.05, 0.1) is 43.1 Å². The number of halogens is 5. The van der Waals surface area contributed by atoms with Crippen molar-refractivity contribution in [3.63, 3.8) is 0 Å². The quantitative estimate of drug-likeness (QED) is 0.405. The van der Waals surface area contributed by atoms with Gasteiger partial charge in [-0.1, -0.05) is 42.5 Å². The fourth-order valence-corrected chi connectivity index (χ4v) is 5.89. The molecule has 1 saturated carbocycles. The van der Waals surface area contributed by atoms with Gasteiger partial charge in [-0.3, -0.25) is 9.78 Å². The Hall–Kier alpha value is -3.77. The average molecular weight is 550 g/mol. The molecule has 0 saturated heterocycles. The lowest BCUT2D eigenvalue weighted by Gasteiger charge is -2.40. The van der Waals surface area contributed by atoms with Gasteiger partial charge in [-0.15, -0.1) is 0 Å². The van der Waals surface area contributed by atoms with Crippen molar-refractivity contribution in [1.82, 2.24) is 10.3 Å². The number of benzene rings is 2. The van der Waals surface area contributed by atoms with E-state index in [9.17, 15) is 37.0 Å². The minimum atomic E-state index is -4.66. The topological polar surface area (TPSA) is 101 Å². The van der Waals surface area contributed by atoms with E-state index in [4.69, 9.17) is 9.47 Å². The van der Waals surface area contributed by atoms with Gasteiger partial charge in [-0.25, -0.2) is 8.78 Å². The van der Waals surface area contributed by atoms with Gasteiger partial charge in [0.2, 0.25) is 5.91 Å². The SMILES string of the molecule is COc1cncc2c1C1(O)C(O)C(C(=O)NCC(F)F)C(c3ccccc3)C1(c1ccc(C(F)(F)F)cc1)O2. The lowest BCUT2D eigenvalue weighted by Crippen LogP contribution is -2.52. The van der Waals surface area contributed by atoms with Gasteiger partial charge < -0.3 is 25.0 Å². The zero-order valence-electron chi connectivity index (χ0n) is 20.3. The molecule has 206 valence electrons. The van der Waals surface area contributed by atoms with Crippen molar-refractivity contribution in [2.75, 3.05) is 13.7 Å². The molecule has 5 rings (SSSR count). The first kappa shape index (κ1) is 26.8. The summed E-state index contributed by atoms with van der Waals surface area (Å²) in [5.74, 6) is -3.86. The number of amides is 1. The van der Waals surface area contributed by atoms with E-state index in [0.29, 0.717) is 5.56 Å². The standard InChI is InChI=1S/C27H23F5N2O5/c1-38-17-11-33-12-18-22(17)25(37)23(35)20(24(36)34-13-19(28)29)21(14-5-3-2-4-6-14)26(25,39-18)15-7-9-16(10-8-15)27(30,31)32/h2-12,19-21,23,35,37H,13H2,1H3,(H,34,36). The van der Waals surface area contributed by atoms with Crippen LogP contribution in [-0.4, -0.2) is 47.3 Å². The van der Waals surface area contributed by atoms with Crippen LogP contribution >= 0.6 is 0 Å². The Morgan fingerprint density at radius 2 is 1.79 bits per heavy atom. The summed E-state index contributed by atoms with van der Waals surface area (Å²) in [6.45, 7) is -1.01. The first-order chi connectivity index (χ1) is 18.5. The van der Waals surface area contributed by atoms with Crippen molar-refractivity contribution in [1.29, 1.82) is 0 Å². The maximum absolute atomic E-state index is 13.4.